The Morgan fingerprint density at radius 2 is 2.00 bits per heavy atom. The lowest BCUT2D eigenvalue weighted by Crippen LogP contribution is -2.36. The Bertz CT molecular complexity index is 281. The summed E-state index contributed by atoms with van der Waals surface area (Å²) in [5.41, 5.74) is 4.95. The van der Waals surface area contributed by atoms with E-state index in [9.17, 15) is 9.59 Å². The van der Waals surface area contributed by atoms with Gasteiger partial charge < -0.3 is 15.2 Å². The van der Waals surface area contributed by atoms with Crippen molar-refractivity contribution in [1.29, 1.82) is 0 Å². The highest BCUT2D eigenvalue weighted by Gasteiger charge is 2.26. The number of hydrogen-bond donors (Lipinski definition) is 1. The maximum Gasteiger partial charge on any atom is 0.516 e. The van der Waals surface area contributed by atoms with Crippen molar-refractivity contribution < 1.29 is 19.1 Å². The first-order valence-electron chi connectivity index (χ1n) is 6.01. The van der Waals surface area contributed by atoms with Crippen molar-refractivity contribution in [3.8, 4) is 0 Å². The van der Waals surface area contributed by atoms with E-state index in [4.69, 9.17) is 10.5 Å². The summed E-state index contributed by atoms with van der Waals surface area (Å²) in [5.74, 6) is 0.00784. The molecule has 0 heterocycles. The van der Waals surface area contributed by atoms with Crippen molar-refractivity contribution in [2.75, 3.05) is 12.0 Å². The second kappa shape index (κ2) is 8.37. The molecular weight excluding hydrogens is 254 g/mol. The fraction of sp³-hybridized carbons (Fsp3) is 0.833. The number of hydrogen-bond acceptors (Lipinski definition) is 6. The smallest absolute Gasteiger partial charge is 0.428 e. The maximum atomic E-state index is 11.4. The van der Waals surface area contributed by atoms with Gasteiger partial charge >= 0.3 is 12.1 Å². The second-order valence-electron chi connectivity index (χ2n) is 4.67. The number of rotatable bonds is 7. The minimum Gasteiger partial charge on any atom is -0.428 e. The molecule has 0 aliphatic carbocycles. The molecule has 0 bridgehead atoms. The Morgan fingerprint density at radius 1 is 1.39 bits per heavy atom. The summed E-state index contributed by atoms with van der Waals surface area (Å²) in [6, 6.07) is -0.778. The highest BCUT2D eigenvalue weighted by molar-refractivity contribution is 7.98. The molecule has 0 radical (unpaired) electrons. The first kappa shape index (κ1) is 17.2. The number of nitrogens with two attached hydrogens (primary N) is 1. The van der Waals surface area contributed by atoms with Gasteiger partial charge in [0.1, 0.15) is 11.6 Å². The largest absolute Gasteiger partial charge is 0.516 e. The molecule has 6 heteroatoms. The maximum absolute atomic E-state index is 11.4. The van der Waals surface area contributed by atoms with Crippen LogP contribution in [0.3, 0.4) is 0 Å². The fourth-order valence-corrected chi connectivity index (χ4v) is 1.91. The highest BCUT2D eigenvalue weighted by Crippen LogP contribution is 2.17. The van der Waals surface area contributed by atoms with Gasteiger partial charge in [-0.25, -0.2) is 9.59 Å². The first-order chi connectivity index (χ1) is 8.32. The second-order valence-corrected chi connectivity index (χ2v) is 5.66. The Morgan fingerprint density at radius 3 is 2.50 bits per heavy atom. The van der Waals surface area contributed by atoms with Crippen LogP contribution in [0.2, 0.25) is 0 Å². The zero-order valence-electron chi connectivity index (χ0n) is 11.5. The van der Waals surface area contributed by atoms with Crippen molar-refractivity contribution in [3.63, 3.8) is 0 Å². The Balaban J connectivity index is 4.11. The van der Waals surface area contributed by atoms with Crippen LogP contribution in [0.1, 0.15) is 40.0 Å². The van der Waals surface area contributed by atoms with Gasteiger partial charge in [0.15, 0.2) is 0 Å². The van der Waals surface area contributed by atoms with Gasteiger partial charge in [-0.15, -0.1) is 0 Å². The summed E-state index contributed by atoms with van der Waals surface area (Å²) < 4.78 is 9.62. The molecule has 5 nitrogen and oxygen atoms in total. The van der Waals surface area contributed by atoms with Crippen LogP contribution in [-0.2, 0) is 14.3 Å². The van der Waals surface area contributed by atoms with E-state index < -0.39 is 23.8 Å². The summed E-state index contributed by atoms with van der Waals surface area (Å²) in [6.45, 7) is 5.53. The average molecular weight is 277 g/mol. The predicted molar refractivity (Wildman–Crippen MR) is 72.5 cm³/mol. The zero-order valence-corrected chi connectivity index (χ0v) is 12.3. The van der Waals surface area contributed by atoms with Crippen LogP contribution in [0, 0.1) is 0 Å². The number of thioether (sulfide) groups is 1. The van der Waals surface area contributed by atoms with Gasteiger partial charge in [0.2, 0.25) is 0 Å². The monoisotopic (exact) mass is 277 g/mol. The molecule has 0 spiro atoms. The zero-order chi connectivity index (χ0) is 14.2. The molecule has 0 aromatic heterocycles. The quantitative estimate of drug-likeness (QED) is 0.568. The number of ether oxygens (including phenoxy) is 2. The lowest BCUT2D eigenvalue weighted by Gasteiger charge is -2.23. The molecule has 1 atom stereocenters. The summed E-state index contributed by atoms with van der Waals surface area (Å²) in [5, 5.41) is 0. The van der Waals surface area contributed by atoms with Crippen LogP contribution in [0.25, 0.3) is 0 Å². The lowest BCUT2D eigenvalue weighted by atomic mass is 10.0. The topological polar surface area (TPSA) is 78.6 Å². The van der Waals surface area contributed by atoms with Gasteiger partial charge in [-0.05, 0) is 38.7 Å². The SMILES string of the molecule is CCCC(C)(C)OC(=O)OC(=O)[C@@H](N)CCSC. The van der Waals surface area contributed by atoms with Crippen molar-refractivity contribution in [2.45, 2.75) is 51.7 Å². The number of carbonyl (C=O) groups is 2. The van der Waals surface area contributed by atoms with Crippen LogP contribution in [0.4, 0.5) is 4.79 Å². The summed E-state index contributed by atoms with van der Waals surface area (Å²) in [7, 11) is 0. The van der Waals surface area contributed by atoms with Crippen molar-refractivity contribution in [3.05, 3.63) is 0 Å². The summed E-state index contributed by atoms with van der Waals surface area (Å²) in [6.07, 6.45) is 3.00. The van der Waals surface area contributed by atoms with Crippen molar-refractivity contribution in [1.82, 2.24) is 0 Å². The van der Waals surface area contributed by atoms with Gasteiger partial charge in [-0.3, -0.25) is 0 Å². The Hall–Kier alpha value is -0.750. The van der Waals surface area contributed by atoms with Crippen LogP contribution < -0.4 is 5.73 Å². The molecule has 0 saturated heterocycles. The van der Waals surface area contributed by atoms with E-state index in [0.29, 0.717) is 12.8 Å². The van der Waals surface area contributed by atoms with E-state index in [0.717, 1.165) is 12.2 Å². The molecule has 0 unspecified atom stereocenters. The summed E-state index contributed by atoms with van der Waals surface area (Å²) in [4.78, 5) is 22.8. The molecule has 0 fully saturated rings. The van der Waals surface area contributed by atoms with Gasteiger partial charge in [0.05, 0.1) is 0 Å². The molecule has 0 rings (SSSR count). The minimum atomic E-state index is -0.974. The molecule has 0 saturated carbocycles. The third kappa shape index (κ3) is 7.55. The number of esters is 1. The fourth-order valence-electron chi connectivity index (χ4n) is 1.42. The molecule has 0 aromatic carbocycles. The third-order valence-corrected chi connectivity index (χ3v) is 2.98. The molecule has 106 valence electrons. The molecule has 0 amide bonds. The van der Waals surface area contributed by atoms with E-state index in [1.807, 2.05) is 13.2 Å². The molecule has 18 heavy (non-hydrogen) atoms. The molecule has 0 aliphatic rings. The van der Waals surface area contributed by atoms with Gasteiger partial charge in [0.25, 0.3) is 0 Å². The number of carbonyl (C=O) groups excluding carboxylic acids is 2. The van der Waals surface area contributed by atoms with Crippen LogP contribution in [0.15, 0.2) is 0 Å². The molecule has 2 N–H and O–H groups in total. The van der Waals surface area contributed by atoms with E-state index >= 15 is 0 Å². The lowest BCUT2D eigenvalue weighted by molar-refractivity contribution is -0.143. The summed E-state index contributed by atoms with van der Waals surface area (Å²) >= 11 is 1.58. The average Bonchev–Trinajstić information content (AvgIpc) is 2.24. The Labute approximate surface area is 113 Å². The highest BCUT2D eigenvalue weighted by atomic mass is 32.2. The van der Waals surface area contributed by atoms with Gasteiger partial charge in [-0.1, -0.05) is 13.3 Å². The van der Waals surface area contributed by atoms with Crippen LogP contribution >= 0.6 is 11.8 Å². The van der Waals surface area contributed by atoms with E-state index in [1.165, 1.54) is 0 Å². The standard InChI is InChI=1S/C12H23NO4S/c1-5-7-12(2,3)17-11(15)16-10(14)9(13)6-8-18-4/h9H,5-8,13H2,1-4H3/t9-/m0/s1. The normalized spacial score (nSPS) is 12.9. The van der Waals surface area contributed by atoms with Gasteiger partial charge in [-0.2, -0.15) is 11.8 Å². The van der Waals surface area contributed by atoms with Crippen molar-refractivity contribution >= 4 is 23.9 Å². The van der Waals surface area contributed by atoms with E-state index in [2.05, 4.69) is 4.74 Å². The van der Waals surface area contributed by atoms with E-state index in [-0.39, 0.29) is 0 Å². The predicted octanol–water partition coefficient (Wildman–Crippen LogP) is 2.33. The van der Waals surface area contributed by atoms with Crippen molar-refractivity contribution in [2.24, 2.45) is 5.73 Å². The van der Waals surface area contributed by atoms with Gasteiger partial charge in [0, 0.05) is 0 Å². The first-order valence-corrected chi connectivity index (χ1v) is 7.41. The van der Waals surface area contributed by atoms with E-state index in [1.54, 1.807) is 25.6 Å². The minimum absolute atomic E-state index is 0.478. The Kier molecular flexibility index (Phi) is 8.02. The molecular formula is C12H23NO4S. The van der Waals surface area contributed by atoms with Crippen LogP contribution in [-0.4, -0.2) is 35.8 Å². The third-order valence-electron chi connectivity index (χ3n) is 2.33. The van der Waals surface area contributed by atoms with Crippen LogP contribution in [0.5, 0.6) is 0 Å². The molecule has 0 aliphatic heterocycles. The molecule has 0 aromatic rings.